The van der Waals surface area contributed by atoms with Crippen LogP contribution in [-0.2, 0) is 48.0 Å². The number of unbranched alkanes of at least 4 members (excludes halogenated alkanes) is 3. The molecule has 6 amide bonds. The van der Waals surface area contributed by atoms with Gasteiger partial charge >= 0.3 is 0 Å². The van der Waals surface area contributed by atoms with Crippen molar-refractivity contribution in [1.82, 2.24) is 16.0 Å². The molecular weight excluding hydrogens is 1010 g/mol. The first-order chi connectivity index (χ1) is 35.5. The van der Waals surface area contributed by atoms with Crippen molar-refractivity contribution >= 4 is 98.9 Å². The molecular formula is C55H68ClN9O6S3. The third-order valence-corrected chi connectivity index (χ3v) is 14.4. The molecule has 12 N–H and O–H groups in total. The summed E-state index contributed by atoms with van der Waals surface area (Å²) in [5.41, 5.74) is 24.2. The molecule has 3 atom stereocenters. The summed E-state index contributed by atoms with van der Waals surface area (Å²) in [4.78, 5) is 80.1. The summed E-state index contributed by atoms with van der Waals surface area (Å²) in [5, 5.41) is 29.2. The lowest BCUT2D eigenvalue weighted by atomic mass is 9.85. The van der Waals surface area contributed by atoms with Crippen LogP contribution in [0.1, 0.15) is 97.1 Å². The maximum absolute atomic E-state index is 13.7. The molecule has 0 aliphatic rings. The van der Waals surface area contributed by atoms with Crippen molar-refractivity contribution in [3.8, 4) is 0 Å². The number of nitrogens with two attached hydrogens (primary N) is 3. The van der Waals surface area contributed by atoms with E-state index in [4.69, 9.17) is 17.2 Å². The van der Waals surface area contributed by atoms with Crippen molar-refractivity contribution in [2.75, 3.05) is 35.6 Å². The van der Waals surface area contributed by atoms with E-state index in [1.807, 2.05) is 123 Å². The zero-order valence-electron chi connectivity index (χ0n) is 41.4. The Morgan fingerprint density at radius 1 is 0.392 bits per heavy atom. The van der Waals surface area contributed by atoms with Gasteiger partial charge in [-0.25, -0.2) is 0 Å². The zero-order valence-corrected chi connectivity index (χ0v) is 44.6. The number of benzene rings is 3. The number of nitrogens with one attached hydrogen (secondary N) is 6. The molecule has 3 aromatic heterocycles. The summed E-state index contributed by atoms with van der Waals surface area (Å²) < 4.78 is 0. The molecule has 15 nitrogen and oxygen atoms in total. The SMILES string of the molecule is Cl.NCCCC[C@H](NC(=O)Cc1ccsc1)C(=O)Nc1ccc(C(c2ccc(NC(=O)[C@H](CCCCN)NC(=O)Cc3ccsc3)cc2)c2ccc(NC(=O)[C@H](CCCCN)NC(=O)Cc3ccsc3)cc2)cc1. The van der Waals surface area contributed by atoms with Gasteiger partial charge in [0.15, 0.2) is 0 Å². The predicted molar refractivity (Wildman–Crippen MR) is 302 cm³/mol. The van der Waals surface area contributed by atoms with E-state index in [-0.39, 0.29) is 73.0 Å². The highest BCUT2D eigenvalue weighted by molar-refractivity contribution is 7.08. The fourth-order valence-electron chi connectivity index (χ4n) is 8.30. The Hall–Kier alpha value is -6.25. The lowest BCUT2D eigenvalue weighted by Gasteiger charge is -2.22. The van der Waals surface area contributed by atoms with Gasteiger partial charge < -0.3 is 49.1 Å². The summed E-state index contributed by atoms with van der Waals surface area (Å²) in [5.74, 6) is -2.05. The van der Waals surface area contributed by atoms with Crippen molar-refractivity contribution in [2.24, 2.45) is 17.2 Å². The number of rotatable bonds is 30. The maximum atomic E-state index is 13.7. The highest BCUT2D eigenvalue weighted by atomic mass is 35.5. The van der Waals surface area contributed by atoms with Gasteiger partial charge in [0, 0.05) is 23.0 Å². The molecule has 19 heteroatoms. The Balaban J connectivity index is 0.0000101. The average Bonchev–Trinajstić information content (AvgIpc) is 4.21. The molecule has 74 heavy (non-hydrogen) atoms. The van der Waals surface area contributed by atoms with Gasteiger partial charge in [-0.2, -0.15) is 34.0 Å². The molecule has 0 radical (unpaired) electrons. The molecule has 0 bridgehead atoms. The maximum Gasteiger partial charge on any atom is 0.246 e. The van der Waals surface area contributed by atoms with Crippen LogP contribution in [0.3, 0.4) is 0 Å². The smallest absolute Gasteiger partial charge is 0.246 e. The molecule has 0 unspecified atom stereocenters. The van der Waals surface area contributed by atoms with E-state index >= 15 is 0 Å². The van der Waals surface area contributed by atoms with Crippen molar-refractivity contribution in [3.63, 3.8) is 0 Å². The van der Waals surface area contributed by atoms with Crippen LogP contribution in [0.25, 0.3) is 0 Å². The highest BCUT2D eigenvalue weighted by Crippen LogP contribution is 2.34. The lowest BCUT2D eigenvalue weighted by Crippen LogP contribution is -2.44. The summed E-state index contributed by atoms with van der Waals surface area (Å²) in [6.07, 6.45) is 5.99. The first kappa shape index (κ1) is 58.6. The second-order valence-electron chi connectivity index (χ2n) is 17.9. The topological polar surface area (TPSA) is 253 Å². The van der Waals surface area contributed by atoms with Gasteiger partial charge in [-0.05, 0) is 198 Å². The normalized spacial score (nSPS) is 12.2. The van der Waals surface area contributed by atoms with Crippen molar-refractivity contribution < 1.29 is 28.8 Å². The molecule has 0 saturated carbocycles. The summed E-state index contributed by atoms with van der Waals surface area (Å²) in [6, 6.07) is 25.9. The quantitative estimate of drug-likeness (QED) is 0.0157. The lowest BCUT2D eigenvalue weighted by molar-refractivity contribution is -0.126. The average molecular weight is 1080 g/mol. The van der Waals surface area contributed by atoms with Gasteiger partial charge in [-0.15, -0.1) is 12.4 Å². The summed E-state index contributed by atoms with van der Waals surface area (Å²) >= 11 is 4.53. The predicted octanol–water partition coefficient (Wildman–Crippen LogP) is 7.86. The molecule has 6 aromatic rings. The van der Waals surface area contributed by atoms with Crippen LogP contribution in [0.2, 0.25) is 0 Å². The number of thiophene rings is 3. The van der Waals surface area contributed by atoms with Gasteiger partial charge in [-0.3, -0.25) is 28.8 Å². The Kier molecular flexibility index (Phi) is 24.9. The number of hydrogen-bond acceptors (Lipinski definition) is 12. The van der Waals surface area contributed by atoms with Gasteiger partial charge in [0.2, 0.25) is 35.4 Å². The molecule has 0 aliphatic heterocycles. The van der Waals surface area contributed by atoms with Crippen molar-refractivity contribution in [1.29, 1.82) is 0 Å². The Bertz CT molecular complexity index is 2350. The Morgan fingerprint density at radius 2 is 0.662 bits per heavy atom. The minimum Gasteiger partial charge on any atom is -0.344 e. The monoisotopic (exact) mass is 1080 g/mol. The molecule has 3 heterocycles. The van der Waals surface area contributed by atoms with Gasteiger partial charge in [0.05, 0.1) is 19.3 Å². The summed E-state index contributed by atoms with van der Waals surface area (Å²) in [6.45, 7) is 1.44. The first-order valence-corrected chi connectivity index (χ1v) is 27.6. The first-order valence-electron chi connectivity index (χ1n) is 24.8. The number of amides is 6. The Morgan fingerprint density at radius 3 is 0.892 bits per heavy atom. The van der Waals surface area contributed by atoms with Crippen LogP contribution in [0.15, 0.2) is 123 Å². The van der Waals surface area contributed by atoms with Gasteiger partial charge in [-0.1, -0.05) is 36.4 Å². The fraction of sp³-hybridized carbons (Fsp3) is 0.345. The van der Waals surface area contributed by atoms with Crippen LogP contribution >= 0.6 is 46.4 Å². The van der Waals surface area contributed by atoms with E-state index in [0.717, 1.165) is 52.6 Å². The van der Waals surface area contributed by atoms with E-state index < -0.39 is 18.1 Å². The number of carbonyl (C=O) groups excluding carboxylic acids is 6. The number of hydrogen-bond donors (Lipinski definition) is 9. The van der Waals surface area contributed by atoms with E-state index in [1.165, 1.54) is 34.0 Å². The van der Waals surface area contributed by atoms with Crippen LogP contribution in [0.5, 0.6) is 0 Å². The molecule has 0 aliphatic carbocycles. The second-order valence-corrected chi connectivity index (χ2v) is 20.2. The number of carbonyl (C=O) groups is 6. The van der Waals surface area contributed by atoms with Crippen molar-refractivity contribution in [2.45, 2.75) is 101 Å². The largest absolute Gasteiger partial charge is 0.344 e. The van der Waals surface area contributed by atoms with Crippen LogP contribution in [-0.4, -0.2) is 73.2 Å². The molecule has 394 valence electrons. The molecule has 6 rings (SSSR count). The van der Waals surface area contributed by atoms with E-state index in [0.29, 0.717) is 75.2 Å². The van der Waals surface area contributed by atoms with Crippen molar-refractivity contribution in [3.05, 3.63) is 157 Å². The summed E-state index contributed by atoms with van der Waals surface area (Å²) in [7, 11) is 0. The van der Waals surface area contributed by atoms with E-state index in [9.17, 15) is 28.8 Å². The number of anilines is 3. The third-order valence-electron chi connectivity index (χ3n) is 12.2. The second kappa shape index (κ2) is 31.5. The number of halogens is 1. The van der Waals surface area contributed by atoms with Crippen LogP contribution in [0, 0.1) is 0 Å². The molecule has 0 fully saturated rings. The van der Waals surface area contributed by atoms with E-state index in [1.54, 1.807) is 0 Å². The zero-order chi connectivity index (χ0) is 51.8. The Labute approximate surface area is 451 Å². The van der Waals surface area contributed by atoms with Gasteiger partial charge in [0.25, 0.3) is 0 Å². The fourth-order valence-corrected chi connectivity index (χ4v) is 10.3. The third kappa shape index (κ3) is 19.2. The molecule has 0 saturated heterocycles. The van der Waals surface area contributed by atoms with Crippen LogP contribution < -0.4 is 49.1 Å². The van der Waals surface area contributed by atoms with E-state index in [2.05, 4.69) is 31.9 Å². The molecule has 3 aromatic carbocycles. The highest BCUT2D eigenvalue weighted by Gasteiger charge is 2.25. The minimum atomic E-state index is -0.754. The molecule has 0 spiro atoms. The minimum absolute atomic E-state index is 0. The standard InChI is InChI=1S/C55H67N9O6S3.ClH/c56-25-4-1-7-46(62-49(65)31-37-22-28-71-34-37)53(68)59-43-16-10-40(11-17-43)52(41-12-18-44(19-13-41)60-54(69)47(8-2-5-26-57)63-50(66)32-38-23-29-72-35-38)42-14-20-45(21-15-42)61-55(70)48(9-3-6-27-58)64-51(67)33-39-24-30-73-36-39;/h10-24,28-30,34-36,46-48,52H,1-9,25-27,31-33,56-58H2,(H,59,68)(H,60,69)(H,61,70)(H,62,65)(H,63,66)(H,64,67);1H/t46-,47-,48-;/m0./s1. The van der Waals surface area contributed by atoms with Crippen LogP contribution in [0.4, 0.5) is 17.1 Å². The van der Waals surface area contributed by atoms with Gasteiger partial charge in [0.1, 0.15) is 18.1 Å².